The van der Waals surface area contributed by atoms with Gasteiger partial charge in [-0.1, -0.05) is 24.3 Å². The number of nitrogens with zero attached hydrogens (tertiary/aromatic N) is 1. The Morgan fingerprint density at radius 3 is 2.50 bits per heavy atom. The van der Waals surface area contributed by atoms with Crippen LogP contribution < -0.4 is 5.73 Å². The number of aromatic nitrogens is 1. The summed E-state index contributed by atoms with van der Waals surface area (Å²) in [5, 5.41) is 0. The average molecular weight is 212 g/mol. The van der Waals surface area contributed by atoms with E-state index in [2.05, 4.69) is 4.98 Å². The number of ketones is 1. The van der Waals surface area contributed by atoms with E-state index in [1.807, 2.05) is 30.3 Å². The van der Waals surface area contributed by atoms with Crippen molar-refractivity contribution < 1.29 is 4.79 Å². The predicted molar refractivity (Wildman–Crippen MR) is 64.1 cm³/mol. The quantitative estimate of drug-likeness (QED) is 0.778. The Hall–Kier alpha value is -2.16. The molecule has 0 spiro atoms. The Morgan fingerprint density at radius 1 is 1.12 bits per heavy atom. The normalized spacial score (nSPS) is 10.1. The lowest BCUT2D eigenvalue weighted by molar-refractivity contribution is 0.101. The van der Waals surface area contributed by atoms with Crippen molar-refractivity contribution in [2.75, 3.05) is 5.73 Å². The molecule has 80 valence electrons. The largest absolute Gasteiger partial charge is 0.383 e. The standard InChI is InChI=1S/C13H12N2O/c1-9(16)10-5-2-3-6-11(10)12-7-4-8-15-13(12)14/h2-8H,1H3,(H2,14,15). The third-order valence-corrected chi connectivity index (χ3v) is 2.44. The van der Waals surface area contributed by atoms with Gasteiger partial charge in [-0.25, -0.2) is 4.98 Å². The lowest BCUT2D eigenvalue weighted by atomic mass is 9.98. The molecule has 2 N–H and O–H groups in total. The van der Waals surface area contributed by atoms with Gasteiger partial charge in [-0.15, -0.1) is 0 Å². The van der Waals surface area contributed by atoms with Gasteiger partial charge in [-0.2, -0.15) is 0 Å². The molecular formula is C13H12N2O. The maximum absolute atomic E-state index is 11.5. The smallest absolute Gasteiger partial charge is 0.160 e. The van der Waals surface area contributed by atoms with Crippen molar-refractivity contribution in [1.29, 1.82) is 0 Å². The van der Waals surface area contributed by atoms with Crippen LogP contribution in [0, 0.1) is 0 Å². The van der Waals surface area contributed by atoms with Crippen molar-refractivity contribution in [3.63, 3.8) is 0 Å². The number of hydrogen-bond donors (Lipinski definition) is 1. The summed E-state index contributed by atoms with van der Waals surface area (Å²) < 4.78 is 0. The third kappa shape index (κ3) is 1.80. The lowest BCUT2D eigenvalue weighted by Crippen LogP contribution is -1.99. The average Bonchev–Trinajstić information content (AvgIpc) is 2.29. The molecule has 2 rings (SSSR count). The summed E-state index contributed by atoms with van der Waals surface area (Å²) in [7, 11) is 0. The van der Waals surface area contributed by atoms with Crippen LogP contribution in [0.15, 0.2) is 42.6 Å². The monoisotopic (exact) mass is 212 g/mol. The van der Waals surface area contributed by atoms with Crippen LogP contribution in [0.25, 0.3) is 11.1 Å². The first kappa shape index (κ1) is 10.4. The number of hydrogen-bond acceptors (Lipinski definition) is 3. The van der Waals surface area contributed by atoms with Gasteiger partial charge in [0.1, 0.15) is 5.82 Å². The van der Waals surface area contributed by atoms with Gasteiger partial charge in [0, 0.05) is 17.3 Å². The number of nitrogens with two attached hydrogens (primary N) is 1. The van der Waals surface area contributed by atoms with Gasteiger partial charge < -0.3 is 5.73 Å². The van der Waals surface area contributed by atoms with Gasteiger partial charge >= 0.3 is 0 Å². The summed E-state index contributed by atoms with van der Waals surface area (Å²) in [6.45, 7) is 1.55. The van der Waals surface area contributed by atoms with Gasteiger partial charge in [0.15, 0.2) is 5.78 Å². The molecule has 0 radical (unpaired) electrons. The third-order valence-electron chi connectivity index (χ3n) is 2.44. The fourth-order valence-corrected chi connectivity index (χ4v) is 1.67. The van der Waals surface area contributed by atoms with Gasteiger partial charge in [0.05, 0.1) is 0 Å². The van der Waals surface area contributed by atoms with Crippen molar-refractivity contribution in [1.82, 2.24) is 4.98 Å². The molecule has 0 aliphatic heterocycles. The molecule has 0 amide bonds. The molecule has 0 saturated heterocycles. The highest BCUT2D eigenvalue weighted by molar-refractivity contribution is 6.01. The van der Waals surface area contributed by atoms with Crippen molar-refractivity contribution in [2.45, 2.75) is 6.92 Å². The van der Waals surface area contributed by atoms with E-state index in [0.29, 0.717) is 11.4 Å². The Balaban J connectivity index is 2.65. The molecule has 2 aromatic rings. The summed E-state index contributed by atoms with van der Waals surface area (Å²) in [4.78, 5) is 15.5. The Morgan fingerprint density at radius 2 is 1.81 bits per heavy atom. The fraction of sp³-hybridized carbons (Fsp3) is 0.0769. The Labute approximate surface area is 93.9 Å². The van der Waals surface area contributed by atoms with Crippen molar-refractivity contribution >= 4 is 11.6 Å². The van der Waals surface area contributed by atoms with E-state index < -0.39 is 0 Å². The van der Waals surface area contributed by atoms with E-state index in [0.717, 1.165) is 11.1 Å². The number of carbonyl (C=O) groups excluding carboxylic acids is 1. The van der Waals surface area contributed by atoms with Gasteiger partial charge in [0.25, 0.3) is 0 Å². The van der Waals surface area contributed by atoms with Crippen molar-refractivity contribution in [3.8, 4) is 11.1 Å². The minimum Gasteiger partial charge on any atom is -0.383 e. The predicted octanol–water partition coefficient (Wildman–Crippen LogP) is 2.53. The summed E-state index contributed by atoms with van der Waals surface area (Å²) in [6.07, 6.45) is 1.63. The molecule has 0 saturated carbocycles. The minimum atomic E-state index is 0.0267. The van der Waals surface area contributed by atoms with Gasteiger partial charge in [-0.05, 0) is 24.6 Å². The topological polar surface area (TPSA) is 56.0 Å². The molecule has 1 aromatic heterocycles. The molecule has 0 atom stereocenters. The zero-order chi connectivity index (χ0) is 11.5. The van der Waals surface area contributed by atoms with Crippen molar-refractivity contribution in [3.05, 3.63) is 48.2 Å². The molecular weight excluding hydrogens is 200 g/mol. The van der Waals surface area contributed by atoms with Crippen LogP contribution in [0.1, 0.15) is 17.3 Å². The minimum absolute atomic E-state index is 0.0267. The first-order valence-electron chi connectivity index (χ1n) is 5.01. The van der Waals surface area contributed by atoms with Crippen LogP contribution in [-0.2, 0) is 0 Å². The molecule has 0 bridgehead atoms. The van der Waals surface area contributed by atoms with Gasteiger partial charge in [-0.3, -0.25) is 4.79 Å². The highest BCUT2D eigenvalue weighted by Crippen LogP contribution is 2.27. The van der Waals surface area contributed by atoms with E-state index in [1.165, 1.54) is 0 Å². The molecule has 16 heavy (non-hydrogen) atoms. The van der Waals surface area contributed by atoms with Gasteiger partial charge in [0.2, 0.25) is 0 Å². The second-order valence-electron chi connectivity index (χ2n) is 3.54. The maximum Gasteiger partial charge on any atom is 0.160 e. The number of anilines is 1. The number of rotatable bonds is 2. The highest BCUT2D eigenvalue weighted by Gasteiger charge is 2.10. The van der Waals surface area contributed by atoms with Crippen LogP contribution in [0.2, 0.25) is 0 Å². The molecule has 1 aromatic carbocycles. The number of pyridine rings is 1. The van der Waals surface area contributed by atoms with Crippen LogP contribution in [0.5, 0.6) is 0 Å². The van der Waals surface area contributed by atoms with E-state index in [4.69, 9.17) is 5.73 Å². The second-order valence-corrected chi connectivity index (χ2v) is 3.54. The van der Waals surface area contributed by atoms with Crippen LogP contribution >= 0.6 is 0 Å². The van der Waals surface area contributed by atoms with E-state index in [1.54, 1.807) is 19.2 Å². The number of carbonyl (C=O) groups is 1. The van der Waals surface area contributed by atoms with Crippen LogP contribution in [-0.4, -0.2) is 10.8 Å². The van der Waals surface area contributed by atoms with Crippen LogP contribution in [0.3, 0.4) is 0 Å². The molecule has 1 heterocycles. The Kier molecular flexibility index (Phi) is 2.68. The Bertz CT molecular complexity index is 535. The number of benzene rings is 1. The zero-order valence-electron chi connectivity index (χ0n) is 8.97. The lowest BCUT2D eigenvalue weighted by Gasteiger charge is -2.08. The molecule has 3 nitrogen and oxygen atoms in total. The van der Waals surface area contributed by atoms with Crippen molar-refractivity contribution in [2.24, 2.45) is 0 Å². The first-order valence-corrected chi connectivity index (χ1v) is 5.01. The molecule has 0 aliphatic rings. The van der Waals surface area contributed by atoms with E-state index in [-0.39, 0.29) is 5.78 Å². The fourth-order valence-electron chi connectivity index (χ4n) is 1.67. The van der Waals surface area contributed by atoms with E-state index in [9.17, 15) is 4.79 Å². The first-order chi connectivity index (χ1) is 7.70. The number of Topliss-reactive ketones (excluding diaryl/α,β-unsaturated/α-hetero) is 1. The molecule has 0 unspecified atom stereocenters. The molecule has 0 fully saturated rings. The summed E-state index contributed by atoms with van der Waals surface area (Å²) in [6, 6.07) is 11.1. The van der Waals surface area contributed by atoms with E-state index >= 15 is 0 Å². The summed E-state index contributed by atoms with van der Waals surface area (Å²) in [5.41, 5.74) is 8.10. The van der Waals surface area contributed by atoms with Crippen LogP contribution in [0.4, 0.5) is 5.82 Å². The zero-order valence-corrected chi connectivity index (χ0v) is 8.97. The SMILES string of the molecule is CC(=O)c1ccccc1-c1cccnc1N. The summed E-state index contributed by atoms with van der Waals surface area (Å²) in [5.74, 6) is 0.468. The second kappa shape index (κ2) is 4.14. The maximum atomic E-state index is 11.5. The highest BCUT2D eigenvalue weighted by atomic mass is 16.1. The molecule has 0 aliphatic carbocycles. The molecule has 3 heteroatoms. The summed E-state index contributed by atoms with van der Waals surface area (Å²) >= 11 is 0. The number of nitrogen functional groups attached to an aromatic ring is 1.